The third-order valence-electron chi connectivity index (χ3n) is 3.36. The van der Waals surface area contributed by atoms with Gasteiger partial charge in [-0.2, -0.15) is 0 Å². The zero-order valence-corrected chi connectivity index (χ0v) is 9.74. The van der Waals surface area contributed by atoms with Crippen LogP contribution in [0.25, 0.3) is 0 Å². The highest BCUT2D eigenvalue weighted by Crippen LogP contribution is 2.14. The summed E-state index contributed by atoms with van der Waals surface area (Å²) in [6.45, 7) is 4.11. The molecule has 2 heterocycles. The number of carbonyl (C=O) groups is 2. The molecule has 1 unspecified atom stereocenters. The lowest BCUT2D eigenvalue weighted by Gasteiger charge is -2.23. The second kappa shape index (κ2) is 4.82. The molecule has 0 bridgehead atoms. The largest absolute Gasteiger partial charge is 0.355 e. The molecule has 0 aromatic rings. The van der Waals surface area contributed by atoms with E-state index in [0.29, 0.717) is 13.0 Å². The number of likely N-dealkylation sites (N-methyl/N-ethyl adjacent to an activating group) is 1. The quantitative estimate of drug-likeness (QED) is 0.641. The van der Waals surface area contributed by atoms with Crippen molar-refractivity contribution in [2.75, 3.05) is 39.8 Å². The lowest BCUT2D eigenvalue weighted by Crippen LogP contribution is -2.39. The van der Waals surface area contributed by atoms with E-state index in [2.05, 4.69) is 17.3 Å². The molecule has 5 heteroatoms. The van der Waals surface area contributed by atoms with Gasteiger partial charge in [0, 0.05) is 32.6 Å². The molecule has 2 saturated heterocycles. The van der Waals surface area contributed by atoms with Crippen molar-refractivity contribution in [2.45, 2.75) is 12.8 Å². The number of hydrogen-bond acceptors (Lipinski definition) is 3. The third kappa shape index (κ3) is 2.52. The zero-order valence-electron chi connectivity index (χ0n) is 9.74. The first-order valence-electron chi connectivity index (χ1n) is 5.91. The molecule has 0 aromatic heterocycles. The van der Waals surface area contributed by atoms with Crippen molar-refractivity contribution in [2.24, 2.45) is 5.92 Å². The van der Waals surface area contributed by atoms with Crippen LogP contribution in [0.2, 0.25) is 0 Å². The number of carbonyl (C=O) groups excluding carboxylic acids is 2. The van der Waals surface area contributed by atoms with Gasteiger partial charge in [-0.25, -0.2) is 0 Å². The molecule has 1 atom stereocenters. The van der Waals surface area contributed by atoms with Crippen LogP contribution >= 0.6 is 0 Å². The molecule has 0 saturated carbocycles. The van der Waals surface area contributed by atoms with Crippen LogP contribution in [0, 0.1) is 5.92 Å². The van der Waals surface area contributed by atoms with Crippen molar-refractivity contribution < 1.29 is 9.59 Å². The Bertz CT molecular complexity index is 293. The highest BCUT2D eigenvalue weighted by Gasteiger charge is 2.31. The van der Waals surface area contributed by atoms with E-state index in [1.165, 1.54) is 0 Å². The Morgan fingerprint density at radius 2 is 2.12 bits per heavy atom. The fourth-order valence-corrected chi connectivity index (χ4v) is 2.30. The Kier molecular flexibility index (Phi) is 3.43. The van der Waals surface area contributed by atoms with Gasteiger partial charge in [0.1, 0.15) is 0 Å². The Morgan fingerprint density at radius 1 is 1.31 bits per heavy atom. The average Bonchev–Trinajstić information content (AvgIpc) is 2.57. The van der Waals surface area contributed by atoms with Crippen LogP contribution in [-0.4, -0.2) is 61.4 Å². The predicted octanol–water partition coefficient (Wildman–Crippen LogP) is -0.713. The fraction of sp³-hybridized carbons (Fsp3) is 0.818. The Morgan fingerprint density at radius 3 is 2.81 bits per heavy atom. The van der Waals surface area contributed by atoms with Crippen molar-refractivity contribution in [1.82, 2.24) is 15.1 Å². The molecule has 1 N–H and O–H groups in total. The second-order valence-corrected chi connectivity index (χ2v) is 4.69. The molecule has 0 aliphatic carbocycles. The number of rotatable bonds is 1. The normalized spacial score (nSPS) is 27.7. The Balaban J connectivity index is 1.91. The van der Waals surface area contributed by atoms with Crippen LogP contribution in [0.4, 0.5) is 0 Å². The van der Waals surface area contributed by atoms with E-state index >= 15 is 0 Å². The summed E-state index contributed by atoms with van der Waals surface area (Å²) in [5.74, 6) is 0.0230. The maximum atomic E-state index is 12.1. The molecule has 2 aliphatic heterocycles. The van der Waals surface area contributed by atoms with Gasteiger partial charge in [-0.3, -0.25) is 9.59 Å². The molecule has 90 valence electrons. The molecule has 0 spiro atoms. The second-order valence-electron chi connectivity index (χ2n) is 4.69. The monoisotopic (exact) mass is 225 g/mol. The standard InChI is InChI=1S/C11H19N3O2/c1-13-3-2-4-14(6-5-13)11(16)9-7-10(15)12-8-9/h9H,2-8H2,1H3,(H,12,15). The lowest BCUT2D eigenvalue weighted by atomic mass is 10.1. The third-order valence-corrected chi connectivity index (χ3v) is 3.36. The van der Waals surface area contributed by atoms with Crippen molar-refractivity contribution in [3.8, 4) is 0 Å². The maximum Gasteiger partial charge on any atom is 0.228 e. The minimum absolute atomic E-state index is 0.00490. The van der Waals surface area contributed by atoms with E-state index in [1.54, 1.807) is 0 Å². The smallest absolute Gasteiger partial charge is 0.228 e. The fourth-order valence-electron chi connectivity index (χ4n) is 2.30. The molecular formula is C11H19N3O2. The van der Waals surface area contributed by atoms with Gasteiger partial charge >= 0.3 is 0 Å². The number of nitrogens with one attached hydrogen (secondary N) is 1. The van der Waals surface area contributed by atoms with Gasteiger partial charge in [-0.15, -0.1) is 0 Å². The lowest BCUT2D eigenvalue weighted by molar-refractivity contribution is -0.135. The highest BCUT2D eigenvalue weighted by atomic mass is 16.2. The van der Waals surface area contributed by atoms with Gasteiger partial charge < -0.3 is 15.1 Å². The first-order valence-corrected chi connectivity index (χ1v) is 5.91. The number of amides is 2. The van der Waals surface area contributed by atoms with Gasteiger partial charge in [-0.1, -0.05) is 0 Å². The molecule has 5 nitrogen and oxygen atoms in total. The van der Waals surface area contributed by atoms with E-state index in [4.69, 9.17) is 0 Å². The minimum Gasteiger partial charge on any atom is -0.355 e. The van der Waals surface area contributed by atoms with E-state index in [0.717, 1.165) is 32.6 Å². The Labute approximate surface area is 95.8 Å². The average molecular weight is 225 g/mol. The van der Waals surface area contributed by atoms with Gasteiger partial charge in [0.15, 0.2) is 0 Å². The summed E-state index contributed by atoms with van der Waals surface area (Å²) in [7, 11) is 2.08. The zero-order chi connectivity index (χ0) is 11.5. The molecule has 0 radical (unpaired) electrons. The van der Waals surface area contributed by atoms with Crippen molar-refractivity contribution in [3.63, 3.8) is 0 Å². The summed E-state index contributed by atoms with van der Waals surface area (Å²) in [6.07, 6.45) is 1.39. The highest BCUT2D eigenvalue weighted by molar-refractivity contribution is 5.89. The molecule has 0 aromatic carbocycles. The number of hydrogen-bond donors (Lipinski definition) is 1. The van der Waals surface area contributed by atoms with E-state index in [1.807, 2.05) is 4.90 Å². The summed E-state index contributed by atoms with van der Waals surface area (Å²) in [5, 5.41) is 2.72. The van der Waals surface area contributed by atoms with E-state index in [-0.39, 0.29) is 17.7 Å². The number of nitrogens with zero attached hydrogens (tertiary/aromatic N) is 2. The minimum atomic E-state index is -0.129. The molecule has 16 heavy (non-hydrogen) atoms. The van der Waals surface area contributed by atoms with Crippen LogP contribution in [0.1, 0.15) is 12.8 Å². The summed E-state index contributed by atoms with van der Waals surface area (Å²) in [6, 6.07) is 0. The molecular weight excluding hydrogens is 206 g/mol. The predicted molar refractivity (Wildman–Crippen MR) is 59.8 cm³/mol. The van der Waals surface area contributed by atoms with Crippen molar-refractivity contribution in [3.05, 3.63) is 0 Å². The summed E-state index contributed by atoms with van der Waals surface area (Å²) >= 11 is 0. The van der Waals surface area contributed by atoms with Crippen LogP contribution < -0.4 is 5.32 Å². The molecule has 2 amide bonds. The summed E-state index contributed by atoms with van der Waals surface area (Å²) in [4.78, 5) is 27.3. The van der Waals surface area contributed by atoms with Crippen LogP contribution in [0.5, 0.6) is 0 Å². The van der Waals surface area contributed by atoms with E-state index in [9.17, 15) is 9.59 Å². The van der Waals surface area contributed by atoms with Crippen LogP contribution in [0.3, 0.4) is 0 Å². The van der Waals surface area contributed by atoms with Gasteiger partial charge in [-0.05, 0) is 20.0 Å². The van der Waals surface area contributed by atoms with Crippen LogP contribution in [0.15, 0.2) is 0 Å². The Hall–Kier alpha value is -1.10. The summed E-state index contributed by atoms with van der Waals surface area (Å²) in [5.41, 5.74) is 0. The van der Waals surface area contributed by atoms with E-state index < -0.39 is 0 Å². The molecule has 2 rings (SSSR count). The van der Waals surface area contributed by atoms with Gasteiger partial charge in [0.25, 0.3) is 0 Å². The first-order chi connectivity index (χ1) is 7.66. The SMILES string of the molecule is CN1CCCN(C(=O)C2CNC(=O)C2)CC1. The van der Waals surface area contributed by atoms with Crippen LogP contribution in [-0.2, 0) is 9.59 Å². The maximum absolute atomic E-state index is 12.1. The molecule has 2 aliphatic rings. The first kappa shape index (κ1) is 11.4. The van der Waals surface area contributed by atoms with Crippen molar-refractivity contribution >= 4 is 11.8 Å². The topological polar surface area (TPSA) is 52.6 Å². The molecule has 2 fully saturated rings. The summed E-state index contributed by atoms with van der Waals surface area (Å²) < 4.78 is 0. The van der Waals surface area contributed by atoms with Gasteiger partial charge in [0.05, 0.1) is 5.92 Å². The van der Waals surface area contributed by atoms with Crippen molar-refractivity contribution in [1.29, 1.82) is 0 Å². The van der Waals surface area contributed by atoms with Gasteiger partial charge in [0.2, 0.25) is 11.8 Å².